The number of carbonyl (C=O) groups excluding carboxylic acids is 1. The summed E-state index contributed by atoms with van der Waals surface area (Å²) in [6, 6.07) is 15.8. The molecule has 0 saturated carbocycles. The fourth-order valence-corrected chi connectivity index (χ4v) is 4.13. The molecule has 1 aromatic heterocycles. The van der Waals surface area contributed by atoms with E-state index in [0.717, 1.165) is 19.5 Å². The normalized spacial score (nSPS) is 14.5. The first-order chi connectivity index (χ1) is 15.4. The van der Waals surface area contributed by atoms with Crippen molar-refractivity contribution < 1.29 is 24.2 Å². The van der Waals surface area contributed by atoms with Crippen LogP contribution in [0.2, 0.25) is 0 Å². The van der Waals surface area contributed by atoms with E-state index < -0.39 is 23.1 Å². The van der Waals surface area contributed by atoms with Gasteiger partial charge in [-0.3, -0.25) is 14.5 Å². The van der Waals surface area contributed by atoms with Crippen molar-refractivity contribution in [3.8, 4) is 11.5 Å². The molecule has 0 fully saturated rings. The SMILES string of the molecule is COC(=O)C[C@H](c1cccc(O)c1)c1oc(CN2CCc3ccccc3C2)cc(=O)c1O. The molecule has 166 valence electrons. The average molecular weight is 435 g/mol. The van der Waals surface area contributed by atoms with E-state index in [-0.39, 0.29) is 17.9 Å². The number of nitrogens with zero attached hydrogens (tertiary/aromatic N) is 1. The molecule has 2 heterocycles. The van der Waals surface area contributed by atoms with Gasteiger partial charge in [-0.25, -0.2) is 0 Å². The molecule has 0 aliphatic carbocycles. The van der Waals surface area contributed by atoms with E-state index in [1.165, 1.54) is 36.4 Å². The maximum absolute atomic E-state index is 12.6. The Kier molecular flexibility index (Phi) is 6.28. The summed E-state index contributed by atoms with van der Waals surface area (Å²) < 4.78 is 10.8. The van der Waals surface area contributed by atoms with Gasteiger partial charge in [0.15, 0.2) is 5.76 Å². The molecule has 1 atom stereocenters. The number of carbonyl (C=O) groups is 1. The first kappa shape index (κ1) is 21.6. The third kappa shape index (κ3) is 4.68. The van der Waals surface area contributed by atoms with Crippen LogP contribution in [0.15, 0.2) is 63.8 Å². The zero-order chi connectivity index (χ0) is 22.7. The van der Waals surface area contributed by atoms with Crippen molar-refractivity contribution in [1.82, 2.24) is 4.90 Å². The van der Waals surface area contributed by atoms with Gasteiger partial charge < -0.3 is 19.4 Å². The summed E-state index contributed by atoms with van der Waals surface area (Å²) in [6.07, 6.45) is 0.747. The van der Waals surface area contributed by atoms with Crippen molar-refractivity contribution in [2.75, 3.05) is 13.7 Å². The highest BCUT2D eigenvalue weighted by atomic mass is 16.5. The second kappa shape index (κ2) is 9.28. The first-order valence-electron chi connectivity index (χ1n) is 10.5. The van der Waals surface area contributed by atoms with E-state index in [9.17, 15) is 19.8 Å². The largest absolute Gasteiger partial charge is 0.508 e. The number of hydrogen-bond donors (Lipinski definition) is 2. The van der Waals surface area contributed by atoms with Gasteiger partial charge in [0.05, 0.1) is 26.0 Å². The molecule has 7 nitrogen and oxygen atoms in total. The van der Waals surface area contributed by atoms with Crippen molar-refractivity contribution in [3.05, 3.63) is 93.0 Å². The minimum Gasteiger partial charge on any atom is -0.508 e. The molecule has 7 heteroatoms. The highest BCUT2D eigenvalue weighted by Gasteiger charge is 2.27. The van der Waals surface area contributed by atoms with E-state index in [2.05, 4.69) is 17.0 Å². The van der Waals surface area contributed by atoms with Gasteiger partial charge in [0, 0.05) is 19.2 Å². The summed E-state index contributed by atoms with van der Waals surface area (Å²) in [5.41, 5.74) is 2.51. The number of phenolic OH excluding ortho intramolecular Hbond substituents is 1. The van der Waals surface area contributed by atoms with Crippen LogP contribution in [0.25, 0.3) is 0 Å². The second-order valence-corrected chi connectivity index (χ2v) is 7.95. The molecule has 0 unspecified atom stereocenters. The highest BCUT2D eigenvalue weighted by Crippen LogP contribution is 2.35. The smallest absolute Gasteiger partial charge is 0.306 e. The number of methoxy groups -OCH3 is 1. The Labute approximate surface area is 185 Å². The summed E-state index contributed by atoms with van der Waals surface area (Å²) in [4.78, 5) is 26.8. The fraction of sp³-hybridized carbons (Fsp3) is 0.280. The summed E-state index contributed by atoms with van der Waals surface area (Å²) in [6.45, 7) is 1.94. The Bertz CT molecular complexity index is 1190. The van der Waals surface area contributed by atoms with Gasteiger partial charge in [0.2, 0.25) is 11.2 Å². The van der Waals surface area contributed by atoms with Crippen molar-refractivity contribution >= 4 is 5.97 Å². The molecule has 2 N–H and O–H groups in total. The Balaban J connectivity index is 1.67. The second-order valence-electron chi connectivity index (χ2n) is 7.95. The maximum atomic E-state index is 12.6. The van der Waals surface area contributed by atoms with E-state index in [4.69, 9.17) is 9.15 Å². The molecule has 2 aromatic carbocycles. The maximum Gasteiger partial charge on any atom is 0.306 e. The number of rotatable bonds is 6. The van der Waals surface area contributed by atoms with Gasteiger partial charge in [-0.05, 0) is 35.2 Å². The van der Waals surface area contributed by atoms with Gasteiger partial charge in [-0.15, -0.1) is 0 Å². The molecule has 32 heavy (non-hydrogen) atoms. The highest BCUT2D eigenvalue weighted by molar-refractivity contribution is 5.71. The van der Waals surface area contributed by atoms with E-state index in [0.29, 0.717) is 17.9 Å². The minimum absolute atomic E-state index is 0.00217. The van der Waals surface area contributed by atoms with Crippen molar-refractivity contribution in [3.63, 3.8) is 0 Å². The van der Waals surface area contributed by atoms with Crippen molar-refractivity contribution in [1.29, 1.82) is 0 Å². The molecule has 1 aliphatic heterocycles. The summed E-state index contributed by atoms with van der Waals surface area (Å²) in [7, 11) is 1.27. The van der Waals surface area contributed by atoms with Crippen LogP contribution in [-0.2, 0) is 29.0 Å². The van der Waals surface area contributed by atoms with Crippen LogP contribution in [0.5, 0.6) is 11.5 Å². The molecule has 3 aromatic rings. The number of aromatic hydroxyl groups is 2. The summed E-state index contributed by atoms with van der Waals surface area (Å²) in [5.74, 6) is -1.47. The zero-order valence-corrected chi connectivity index (χ0v) is 17.8. The number of esters is 1. The molecule has 1 aliphatic rings. The number of hydrogen-bond acceptors (Lipinski definition) is 7. The zero-order valence-electron chi connectivity index (χ0n) is 17.8. The van der Waals surface area contributed by atoms with Crippen molar-refractivity contribution in [2.45, 2.75) is 31.8 Å². The summed E-state index contributed by atoms with van der Waals surface area (Å²) in [5, 5.41) is 20.4. The molecule has 4 rings (SSSR count). The quantitative estimate of drug-likeness (QED) is 0.573. The molecular formula is C25H25NO6. The molecule has 0 amide bonds. The van der Waals surface area contributed by atoms with E-state index >= 15 is 0 Å². The van der Waals surface area contributed by atoms with Gasteiger partial charge in [-0.2, -0.15) is 0 Å². The van der Waals surface area contributed by atoms with Crippen LogP contribution in [-0.4, -0.2) is 34.7 Å². The Morgan fingerprint density at radius 3 is 2.66 bits per heavy atom. The third-order valence-electron chi connectivity index (χ3n) is 5.78. The first-order valence-corrected chi connectivity index (χ1v) is 10.5. The van der Waals surface area contributed by atoms with Gasteiger partial charge in [0.25, 0.3) is 0 Å². The van der Waals surface area contributed by atoms with Gasteiger partial charge in [0.1, 0.15) is 11.5 Å². The van der Waals surface area contributed by atoms with Crippen LogP contribution in [0.4, 0.5) is 0 Å². The van der Waals surface area contributed by atoms with Crippen LogP contribution in [0.1, 0.15) is 40.5 Å². The lowest BCUT2D eigenvalue weighted by molar-refractivity contribution is -0.140. The number of fused-ring (bicyclic) bond motifs is 1. The molecule has 0 spiro atoms. The lowest BCUT2D eigenvalue weighted by Gasteiger charge is -2.28. The van der Waals surface area contributed by atoms with Crippen LogP contribution in [0, 0.1) is 0 Å². The van der Waals surface area contributed by atoms with E-state index in [1.807, 2.05) is 12.1 Å². The molecular weight excluding hydrogens is 410 g/mol. The number of phenols is 1. The lowest BCUT2D eigenvalue weighted by Crippen LogP contribution is -2.30. The predicted octanol–water partition coefficient (Wildman–Crippen LogP) is 3.30. The van der Waals surface area contributed by atoms with E-state index in [1.54, 1.807) is 12.1 Å². The summed E-state index contributed by atoms with van der Waals surface area (Å²) >= 11 is 0. The van der Waals surface area contributed by atoms with Crippen LogP contribution < -0.4 is 5.43 Å². The fourth-order valence-electron chi connectivity index (χ4n) is 4.13. The van der Waals surface area contributed by atoms with Crippen LogP contribution in [0.3, 0.4) is 0 Å². The topological polar surface area (TPSA) is 100 Å². The Morgan fingerprint density at radius 2 is 1.91 bits per heavy atom. The third-order valence-corrected chi connectivity index (χ3v) is 5.78. The molecule has 0 bridgehead atoms. The minimum atomic E-state index is -0.788. The van der Waals surface area contributed by atoms with Crippen LogP contribution >= 0.6 is 0 Å². The predicted molar refractivity (Wildman–Crippen MR) is 117 cm³/mol. The Hall–Kier alpha value is -3.58. The van der Waals surface area contributed by atoms with Gasteiger partial charge >= 0.3 is 5.97 Å². The van der Waals surface area contributed by atoms with Gasteiger partial charge in [-0.1, -0.05) is 36.4 Å². The standard InChI is InChI=1S/C25H25NO6/c1-31-23(29)13-21(17-7-4-8-19(27)11-17)25-24(30)22(28)12-20(32-25)15-26-10-9-16-5-2-3-6-18(16)14-26/h2-8,11-12,21,27,30H,9-10,13-15H2,1H3/t21-/m1/s1. The lowest BCUT2D eigenvalue weighted by atomic mass is 9.92. The Morgan fingerprint density at radius 1 is 1.12 bits per heavy atom. The molecule has 0 saturated heterocycles. The monoisotopic (exact) mass is 435 g/mol. The number of ether oxygens (including phenoxy) is 1. The number of benzene rings is 2. The van der Waals surface area contributed by atoms with Crippen molar-refractivity contribution in [2.24, 2.45) is 0 Å². The average Bonchev–Trinajstić information content (AvgIpc) is 2.79. The molecule has 0 radical (unpaired) electrons.